The number of ether oxygens (including phenoxy) is 1. The molecule has 0 spiro atoms. The highest BCUT2D eigenvalue weighted by molar-refractivity contribution is 7.89. The molecule has 2 aromatic carbocycles. The first kappa shape index (κ1) is 36.9. The summed E-state index contributed by atoms with van der Waals surface area (Å²) in [4.78, 5) is 29.4. The van der Waals surface area contributed by atoms with Crippen LogP contribution in [-0.4, -0.2) is 75.8 Å². The van der Waals surface area contributed by atoms with E-state index in [-0.39, 0.29) is 24.5 Å². The van der Waals surface area contributed by atoms with Crippen molar-refractivity contribution in [2.75, 3.05) is 24.5 Å². The Hall–Kier alpha value is -4.90. The molecule has 264 valence electrons. The number of nitrogens with zero attached hydrogens (tertiary/aromatic N) is 6. The van der Waals surface area contributed by atoms with Gasteiger partial charge in [-0.1, -0.05) is 0 Å². The molecule has 1 saturated heterocycles. The molecule has 0 aliphatic carbocycles. The van der Waals surface area contributed by atoms with Crippen LogP contribution in [0.4, 0.5) is 49.7 Å². The van der Waals surface area contributed by atoms with Gasteiger partial charge in [-0.25, -0.2) is 45.9 Å². The summed E-state index contributed by atoms with van der Waals surface area (Å²) < 4.78 is 155. The van der Waals surface area contributed by atoms with Crippen molar-refractivity contribution in [1.82, 2.24) is 24.2 Å². The zero-order valence-electron chi connectivity index (χ0n) is 24.0. The monoisotopic (exact) mass is 731 g/mol. The second-order valence-electron chi connectivity index (χ2n) is 9.71. The fourth-order valence-corrected chi connectivity index (χ4v) is 5.99. The van der Waals surface area contributed by atoms with Gasteiger partial charge in [-0.2, -0.15) is 17.5 Å². The van der Waals surface area contributed by atoms with Crippen molar-refractivity contribution in [2.24, 2.45) is 5.73 Å². The van der Waals surface area contributed by atoms with Crippen molar-refractivity contribution in [3.63, 3.8) is 0 Å². The number of nitrogens with two attached hydrogens (primary N) is 1. The number of aromatic nitrogens is 4. The average Bonchev–Trinajstić information content (AvgIpc) is 3.03. The largest absolute Gasteiger partial charge is 0.573 e. The summed E-state index contributed by atoms with van der Waals surface area (Å²) >= 11 is 0. The fourth-order valence-electron chi connectivity index (χ4n) is 4.43. The van der Waals surface area contributed by atoms with Crippen LogP contribution in [0.25, 0.3) is 11.2 Å². The molecule has 3 heterocycles. The number of hydrogen-bond donors (Lipinski definition) is 2. The van der Waals surface area contributed by atoms with Gasteiger partial charge in [0.25, 0.3) is 0 Å². The smallest absolute Gasteiger partial charge is 0.480 e. The standard InChI is InChI=1S/C18H15F3N6O5S.C8H4F7N/c19-18(20,21)32-11-1-3-12(4-2-11)33(30,31)27-6-5-26(9-14(27)17(28)29)15-8-23-13-7-22-10-24-16(13)25-15;9-4-2(1-16)5(10)7(12)3(6(4)11)8(13,14)15/h1-4,7-8,10,14H,5-6,9H2,(H,28,29);1,16H2/t14-;/m1./s1. The van der Waals surface area contributed by atoms with Gasteiger partial charge in [0, 0.05) is 31.7 Å². The van der Waals surface area contributed by atoms with Crippen LogP contribution in [0.2, 0.25) is 0 Å². The summed E-state index contributed by atoms with van der Waals surface area (Å²) in [6, 6.07) is 2.07. The second kappa shape index (κ2) is 13.9. The summed E-state index contributed by atoms with van der Waals surface area (Å²) in [7, 11) is -4.32. The number of aliphatic carboxylic acids is 1. The molecule has 23 heteroatoms. The number of piperazine rings is 1. The maximum Gasteiger partial charge on any atom is 0.573 e. The topological polar surface area (TPSA) is 165 Å². The Bertz CT molecular complexity index is 1940. The number of carboxylic acids is 1. The van der Waals surface area contributed by atoms with E-state index < -0.39 is 81.3 Å². The van der Waals surface area contributed by atoms with Crippen LogP contribution in [0, 0.1) is 23.3 Å². The van der Waals surface area contributed by atoms with Gasteiger partial charge in [0.05, 0.1) is 17.3 Å². The van der Waals surface area contributed by atoms with E-state index in [9.17, 15) is 62.2 Å². The third kappa shape index (κ3) is 8.05. The van der Waals surface area contributed by atoms with Crippen molar-refractivity contribution >= 4 is 33.0 Å². The molecule has 1 fully saturated rings. The Kier molecular flexibility index (Phi) is 10.5. The van der Waals surface area contributed by atoms with Gasteiger partial charge < -0.3 is 20.5 Å². The van der Waals surface area contributed by atoms with Crippen LogP contribution in [-0.2, 0) is 27.5 Å². The first-order valence-electron chi connectivity index (χ1n) is 13.2. The molecule has 0 amide bonds. The third-order valence-corrected chi connectivity index (χ3v) is 8.58. The number of halogens is 10. The lowest BCUT2D eigenvalue weighted by Gasteiger charge is -2.38. The minimum atomic E-state index is -5.52. The molecule has 4 aromatic rings. The summed E-state index contributed by atoms with van der Waals surface area (Å²) in [5.74, 6) is -10.9. The minimum absolute atomic E-state index is 0.101. The van der Waals surface area contributed by atoms with Crippen molar-refractivity contribution in [1.29, 1.82) is 0 Å². The predicted molar refractivity (Wildman–Crippen MR) is 145 cm³/mol. The molecule has 5 rings (SSSR count). The van der Waals surface area contributed by atoms with Gasteiger partial charge in [0.15, 0.2) is 28.9 Å². The normalized spacial score (nSPS) is 15.9. The first-order chi connectivity index (χ1) is 22.8. The molecule has 0 radical (unpaired) electrons. The number of alkyl halides is 6. The fraction of sp³-hybridized carbons (Fsp3) is 0.269. The van der Waals surface area contributed by atoms with Gasteiger partial charge in [-0.3, -0.25) is 4.79 Å². The molecule has 0 saturated carbocycles. The number of rotatable bonds is 6. The lowest BCUT2D eigenvalue weighted by atomic mass is 10.1. The summed E-state index contributed by atoms with van der Waals surface area (Å²) in [5.41, 5.74) is 1.63. The lowest BCUT2D eigenvalue weighted by Crippen LogP contribution is -2.58. The molecular weight excluding hydrogens is 712 g/mol. The predicted octanol–water partition coefficient (Wildman–Crippen LogP) is 4.00. The van der Waals surface area contributed by atoms with Crippen molar-refractivity contribution in [3.8, 4) is 5.75 Å². The molecule has 0 unspecified atom stereocenters. The van der Waals surface area contributed by atoms with Crippen LogP contribution in [0.1, 0.15) is 11.1 Å². The zero-order valence-corrected chi connectivity index (χ0v) is 24.8. The van der Waals surface area contributed by atoms with Gasteiger partial charge in [-0.05, 0) is 24.3 Å². The maximum atomic E-state index is 13.1. The highest BCUT2D eigenvalue weighted by atomic mass is 32.2. The molecule has 1 atom stereocenters. The Morgan fingerprint density at radius 3 is 2.08 bits per heavy atom. The molecule has 12 nitrogen and oxygen atoms in total. The molecule has 49 heavy (non-hydrogen) atoms. The summed E-state index contributed by atoms with van der Waals surface area (Å²) in [6.07, 6.45) is -6.29. The van der Waals surface area contributed by atoms with Gasteiger partial charge in [0.2, 0.25) is 10.0 Å². The molecule has 2 aromatic heterocycles. The van der Waals surface area contributed by atoms with Crippen molar-refractivity contribution in [3.05, 3.63) is 77.4 Å². The number of anilines is 1. The molecule has 0 bridgehead atoms. The van der Waals surface area contributed by atoms with E-state index in [4.69, 9.17) is 5.73 Å². The van der Waals surface area contributed by atoms with Crippen molar-refractivity contribution < 1.29 is 67.0 Å². The SMILES string of the molecule is NCc1c(F)c(F)c(C(F)(F)F)c(F)c1F.O=C(O)[C@H]1CN(c2cnc3cncnc3n2)CCN1S(=O)(=O)c1ccc(OC(F)(F)F)cc1. The van der Waals surface area contributed by atoms with E-state index in [0.717, 1.165) is 28.6 Å². The van der Waals surface area contributed by atoms with Gasteiger partial charge in [-0.15, -0.1) is 13.2 Å². The Balaban J connectivity index is 0.000000284. The van der Waals surface area contributed by atoms with E-state index in [2.05, 4.69) is 24.7 Å². The molecule has 3 N–H and O–H groups in total. The minimum Gasteiger partial charge on any atom is -0.480 e. The second-order valence-corrected chi connectivity index (χ2v) is 11.6. The van der Waals surface area contributed by atoms with E-state index in [1.165, 1.54) is 18.7 Å². The quantitative estimate of drug-likeness (QED) is 0.218. The summed E-state index contributed by atoms with van der Waals surface area (Å²) in [6.45, 7) is -1.29. The van der Waals surface area contributed by atoms with Crippen LogP contribution in [0.3, 0.4) is 0 Å². The van der Waals surface area contributed by atoms with Crippen LogP contribution in [0.15, 0.2) is 47.9 Å². The number of hydrogen-bond acceptors (Lipinski definition) is 10. The summed E-state index contributed by atoms with van der Waals surface area (Å²) in [5, 5.41) is 9.69. The van der Waals surface area contributed by atoms with Gasteiger partial charge in [0.1, 0.15) is 35.0 Å². The van der Waals surface area contributed by atoms with Crippen LogP contribution >= 0.6 is 0 Å². The van der Waals surface area contributed by atoms with Crippen LogP contribution < -0.4 is 15.4 Å². The Labute approximate surface area is 267 Å². The highest BCUT2D eigenvalue weighted by Crippen LogP contribution is 2.37. The number of benzene rings is 2. The zero-order chi connectivity index (χ0) is 36.5. The maximum absolute atomic E-state index is 13.1. The molecular formula is C26H19F10N7O5S. The number of carbonyl (C=O) groups is 1. The Morgan fingerprint density at radius 2 is 1.55 bits per heavy atom. The number of sulfonamides is 1. The number of carboxylic acid groups (broad SMARTS) is 1. The van der Waals surface area contributed by atoms with E-state index in [1.807, 2.05) is 0 Å². The van der Waals surface area contributed by atoms with Crippen molar-refractivity contribution in [2.45, 2.75) is 30.0 Å². The lowest BCUT2D eigenvalue weighted by molar-refractivity contribution is -0.274. The first-order valence-corrected chi connectivity index (χ1v) is 14.6. The van der Waals surface area contributed by atoms with Crippen LogP contribution in [0.5, 0.6) is 5.75 Å². The van der Waals surface area contributed by atoms with Gasteiger partial charge >= 0.3 is 18.5 Å². The van der Waals surface area contributed by atoms with E-state index >= 15 is 0 Å². The third-order valence-electron chi connectivity index (χ3n) is 6.66. The Morgan fingerprint density at radius 1 is 0.939 bits per heavy atom. The van der Waals surface area contributed by atoms with E-state index in [1.54, 1.807) is 4.90 Å². The number of fused-ring (bicyclic) bond motifs is 1. The highest BCUT2D eigenvalue weighted by Gasteiger charge is 2.43. The molecule has 1 aliphatic heterocycles. The average molecular weight is 732 g/mol. The molecule has 1 aliphatic rings. The van der Waals surface area contributed by atoms with E-state index in [0.29, 0.717) is 17.0 Å².